The smallest absolute Gasteiger partial charge is 0.328 e. The summed E-state index contributed by atoms with van der Waals surface area (Å²) in [6, 6.07) is 12.4. The van der Waals surface area contributed by atoms with Crippen molar-refractivity contribution in [3.63, 3.8) is 0 Å². The standard InChI is InChI=1S/C24H29F2N3O/c1-4-5-6-11-22-20(19-9-7-8-10-21(19)26)16-29(28-22)23(30)27-24(2,3)17-12-14-18(25)15-13-17/h7-10,12-15,20H,4-6,11,16H2,1-3H3,(H,27,30). The Labute approximate surface area is 177 Å². The number of urea groups is 1. The topological polar surface area (TPSA) is 44.7 Å². The minimum Gasteiger partial charge on any atom is -0.328 e. The highest BCUT2D eigenvalue weighted by atomic mass is 19.1. The number of amides is 2. The first-order chi connectivity index (χ1) is 14.3. The van der Waals surface area contributed by atoms with Crippen molar-refractivity contribution in [3.8, 4) is 0 Å². The second kappa shape index (κ2) is 9.37. The molecule has 0 aromatic heterocycles. The Hall–Kier alpha value is -2.76. The van der Waals surface area contributed by atoms with Crippen molar-refractivity contribution in [1.82, 2.24) is 10.3 Å². The molecule has 0 saturated carbocycles. The van der Waals surface area contributed by atoms with Gasteiger partial charge in [-0.3, -0.25) is 0 Å². The van der Waals surface area contributed by atoms with Gasteiger partial charge in [0, 0.05) is 11.6 Å². The molecule has 4 nitrogen and oxygen atoms in total. The molecule has 0 radical (unpaired) electrons. The molecule has 0 saturated heterocycles. The van der Waals surface area contributed by atoms with Crippen LogP contribution in [0, 0.1) is 11.6 Å². The maximum atomic E-state index is 14.5. The molecule has 1 N–H and O–H groups in total. The summed E-state index contributed by atoms with van der Waals surface area (Å²) in [5, 5.41) is 8.93. The molecule has 1 aliphatic rings. The van der Waals surface area contributed by atoms with Crippen LogP contribution in [0.4, 0.5) is 13.6 Å². The summed E-state index contributed by atoms with van der Waals surface area (Å²) in [5.41, 5.74) is 1.48. The molecule has 2 aromatic carbocycles. The van der Waals surface area contributed by atoms with Gasteiger partial charge in [0.2, 0.25) is 0 Å². The van der Waals surface area contributed by atoms with E-state index in [1.165, 1.54) is 23.2 Å². The van der Waals surface area contributed by atoms with E-state index >= 15 is 0 Å². The summed E-state index contributed by atoms with van der Waals surface area (Å²) in [6.07, 6.45) is 3.83. The fraction of sp³-hybridized carbons (Fsp3) is 0.417. The second-order valence-corrected chi connectivity index (χ2v) is 8.27. The van der Waals surface area contributed by atoms with Gasteiger partial charge < -0.3 is 5.32 Å². The molecule has 0 aliphatic carbocycles. The lowest BCUT2D eigenvalue weighted by atomic mass is 9.91. The van der Waals surface area contributed by atoms with Gasteiger partial charge in [0.1, 0.15) is 11.6 Å². The van der Waals surface area contributed by atoms with Crippen LogP contribution in [0.3, 0.4) is 0 Å². The molecular formula is C24H29F2N3O. The van der Waals surface area contributed by atoms with E-state index in [-0.39, 0.29) is 23.6 Å². The fourth-order valence-corrected chi connectivity index (χ4v) is 3.76. The van der Waals surface area contributed by atoms with Crippen molar-refractivity contribution in [1.29, 1.82) is 0 Å². The van der Waals surface area contributed by atoms with Crippen LogP contribution in [0.15, 0.2) is 53.6 Å². The molecule has 0 bridgehead atoms. The van der Waals surface area contributed by atoms with Crippen LogP contribution < -0.4 is 5.32 Å². The minimum absolute atomic E-state index is 0.247. The lowest BCUT2D eigenvalue weighted by Gasteiger charge is -2.28. The summed E-state index contributed by atoms with van der Waals surface area (Å²) in [5.74, 6) is -0.850. The van der Waals surface area contributed by atoms with Crippen molar-refractivity contribution in [2.75, 3.05) is 6.54 Å². The second-order valence-electron chi connectivity index (χ2n) is 8.27. The summed E-state index contributed by atoms with van der Waals surface area (Å²) in [7, 11) is 0. The zero-order valence-corrected chi connectivity index (χ0v) is 17.8. The van der Waals surface area contributed by atoms with Crippen molar-refractivity contribution in [2.24, 2.45) is 5.10 Å². The molecular weight excluding hydrogens is 384 g/mol. The third-order valence-corrected chi connectivity index (χ3v) is 5.54. The first-order valence-electron chi connectivity index (χ1n) is 10.5. The number of hydrogen-bond acceptors (Lipinski definition) is 2. The third-order valence-electron chi connectivity index (χ3n) is 5.54. The van der Waals surface area contributed by atoms with Crippen LogP contribution in [0.2, 0.25) is 0 Å². The van der Waals surface area contributed by atoms with Crippen molar-refractivity contribution in [3.05, 3.63) is 71.3 Å². The van der Waals surface area contributed by atoms with Gasteiger partial charge in [0.05, 0.1) is 12.1 Å². The van der Waals surface area contributed by atoms with Crippen molar-refractivity contribution in [2.45, 2.75) is 57.9 Å². The van der Waals surface area contributed by atoms with E-state index in [9.17, 15) is 13.6 Å². The molecule has 0 fully saturated rings. The Bertz CT molecular complexity index is 909. The third kappa shape index (κ3) is 5.04. The van der Waals surface area contributed by atoms with Crippen LogP contribution in [0.25, 0.3) is 0 Å². The highest BCUT2D eigenvalue weighted by Crippen LogP contribution is 2.30. The Kier molecular flexibility index (Phi) is 6.85. The van der Waals surface area contributed by atoms with Gasteiger partial charge in [-0.1, -0.05) is 50.1 Å². The largest absolute Gasteiger partial charge is 0.338 e. The average molecular weight is 414 g/mol. The highest BCUT2D eigenvalue weighted by Gasteiger charge is 2.34. The number of carbonyl (C=O) groups excluding carboxylic acids is 1. The molecule has 2 amide bonds. The van der Waals surface area contributed by atoms with Crippen LogP contribution in [-0.2, 0) is 5.54 Å². The van der Waals surface area contributed by atoms with E-state index < -0.39 is 5.54 Å². The number of halogens is 2. The zero-order chi connectivity index (χ0) is 21.7. The van der Waals surface area contributed by atoms with Crippen molar-refractivity contribution >= 4 is 11.7 Å². The molecule has 1 aliphatic heterocycles. The molecule has 0 spiro atoms. The van der Waals surface area contributed by atoms with Crippen molar-refractivity contribution < 1.29 is 13.6 Å². The predicted octanol–water partition coefficient (Wildman–Crippen LogP) is 5.95. The van der Waals surface area contributed by atoms with E-state index in [4.69, 9.17) is 0 Å². The van der Waals surface area contributed by atoms with Gasteiger partial charge in [0.25, 0.3) is 0 Å². The Morgan fingerprint density at radius 1 is 1.13 bits per heavy atom. The number of hydrazone groups is 1. The molecule has 3 rings (SSSR count). The first kappa shape index (κ1) is 21.9. The van der Waals surface area contributed by atoms with E-state index in [0.717, 1.165) is 37.0 Å². The van der Waals surface area contributed by atoms with E-state index in [0.29, 0.717) is 12.1 Å². The van der Waals surface area contributed by atoms with Gasteiger partial charge in [0.15, 0.2) is 0 Å². The lowest BCUT2D eigenvalue weighted by molar-refractivity contribution is 0.192. The Morgan fingerprint density at radius 2 is 1.83 bits per heavy atom. The number of unbranched alkanes of at least 4 members (excludes halogenated alkanes) is 2. The Morgan fingerprint density at radius 3 is 2.50 bits per heavy atom. The van der Waals surface area contributed by atoms with Crippen LogP contribution >= 0.6 is 0 Å². The van der Waals surface area contributed by atoms with Crippen LogP contribution in [-0.4, -0.2) is 23.3 Å². The molecule has 30 heavy (non-hydrogen) atoms. The number of rotatable bonds is 7. The quantitative estimate of drug-likeness (QED) is 0.561. The SMILES string of the molecule is CCCCCC1=NN(C(=O)NC(C)(C)c2ccc(F)cc2)CC1c1ccccc1F. The summed E-state index contributed by atoms with van der Waals surface area (Å²) in [6.45, 7) is 6.14. The molecule has 160 valence electrons. The van der Waals surface area contributed by atoms with Gasteiger partial charge in [-0.2, -0.15) is 5.10 Å². The monoisotopic (exact) mass is 413 g/mol. The minimum atomic E-state index is -0.710. The van der Waals surface area contributed by atoms with E-state index in [1.54, 1.807) is 24.3 Å². The maximum absolute atomic E-state index is 14.5. The Balaban J connectivity index is 1.78. The fourth-order valence-electron chi connectivity index (χ4n) is 3.76. The van der Waals surface area contributed by atoms with Crippen LogP contribution in [0.5, 0.6) is 0 Å². The summed E-state index contributed by atoms with van der Waals surface area (Å²) in [4.78, 5) is 13.0. The molecule has 1 heterocycles. The molecule has 6 heteroatoms. The number of nitrogens with zero attached hydrogens (tertiary/aromatic N) is 2. The van der Waals surface area contributed by atoms with Crippen LogP contribution in [0.1, 0.15) is 63.5 Å². The normalized spacial score (nSPS) is 16.5. The number of benzene rings is 2. The summed E-state index contributed by atoms with van der Waals surface area (Å²) >= 11 is 0. The molecule has 1 atom stereocenters. The maximum Gasteiger partial charge on any atom is 0.338 e. The van der Waals surface area contributed by atoms with Gasteiger partial charge in [-0.25, -0.2) is 18.6 Å². The van der Waals surface area contributed by atoms with Gasteiger partial charge >= 0.3 is 6.03 Å². The lowest BCUT2D eigenvalue weighted by Crippen LogP contribution is -2.46. The van der Waals surface area contributed by atoms with E-state index in [2.05, 4.69) is 17.3 Å². The average Bonchev–Trinajstić information content (AvgIpc) is 3.13. The number of carbonyl (C=O) groups is 1. The van der Waals surface area contributed by atoms with Gasteiger partial charge in [-0.15, -0.1) is 0 Å². The highest BCUT2D eigenvalue weighted by molar-refractivity contribution is 5.94. The number of nitrogens with one attached hydrogen (secondary N) is 1. The molecule has 2 aromatic rings. The predicted molar refractivity (Wildman–Crippen MR) is 115 cm³/mol. The van der Waals surface area contributed by atoms with E-state index in [1.807, 2.05) is 19.9 Å². The zero-order valence-electron chi connectivity index (χ0n) is 17.8. The number of hydrogen-bond donors (Lipinski definition) is 1. The summed E-state index contributed by atoms with van der Waals surface area (Å²) < 4.78 is 27.7. The first-order valence-corrected chi connectivity index (χ1v) is 10.5. The van der Waals surface area contributed by atoms with Gasteiger partial charge in [-0.05, 0) is 56.0 Å². The molecule has 1 unspecified atom stereocenters.